The van der Waals surface area contributed by atoms with E-state index in [-0.39, 0.29) is 4.31 Å². The second-order valence-corrected chi connectivity index (χ2v) is 8.06. The molecule has 106 valence electrons. The molecule has 1 atom stereocenters. The quantitative estimate of drug-likeness (QED) is 0.615. The molecule has 2 aliphatic rings. The zero-order valence-corrected chi connectivity index (χ0v) is 14.0. The Kier molecular flexibility index (Phi) is 3.31. The van der Waals surface area contributed by atoms with Crippen molar-refractivity contribution in [2.45, 2.75) is 43.7 Å². The van der Waals surface area contributed by atoms with Crippen LogP contribution in [0.5, 0.6) is 0 Å². The molecule has 1 heteroatoms. The fourth-order valence-electron chi connectivity index (χ4n) is 3.20. The first-order valence-electron chi connectivity index (χ1n) is 7.20. The third kappa shape index (κ3) is 1.88. The number of hydrogen-bond donors (Lipinski definition) is 0. The van der Waals surface area contributed by atoms with Gasteiger partial charge < -0.3 is 0 Å². The van der Waals surface area contributed by atoms with Crippen molar-refractivity contribution in [3.8, 4) is 0 Å². The van der Waals surface area contributed by atoms with E-state index >= 15 is 0 Å². The molecule has 3 rings (SSSR count). The van der Waals surface area contributed by atoms with Gasteiger partial charge in [0.05, 0.1) is 0 Å². The second-order valence-electron chi connectivity index (χ2n) is 5.96. The third-order valence-corrected chi connectivity index (χ3v) is 7.48. The van der Waals surface area contributed by atoms with Crippen LogP contribution >= 0.6 is 0 Å². The molecule has 0 aromatic heterocycles. The van der Waals surface area contributed by atoms with Gasteiger partial charge in [0.2, 0.25) is 0 Å². The van der Waals surface area contributed by atoms with Gasteiger partial charge in [-0.2, -0.15) is 0 Å². The summed E-state index contributed by atoms with van der Waals surface area (Å²) in [7, 11) is 0. The van der Waals surface area contributed by atoms with Crippen molar-refractivity contribution in [1.29, 1.82) is 0 Å². The van der Waals surface area contributed by atoms with Crippen LogP contribution in [0.15, 0.2) is 52.6 Å². The summed E-state index contributed by atoms with van der Waals surface area (Å²) in [5, 5.41) is 0. The van der Waals surface area contributed by atoms with Gasteiger partial charge >= 0.3 is 129 Å². The van der Waals surface area contributed by atoms with Gasteiger partial charge in [0, 0.05) is 0 Å². The van der Waals surface area contributed by atoms with E-state index in [2.05, 4.69) is 71.0 Å². The monoisotopic (exact) mass is 306 g/mol. The Morgan fingerprint density at radius 3 is 2.20 bits per heavy atom. The van der Waals surface area contributed by atoms with Crippen LogP contribution in [-0.2, 0) is 15.0 Å². The Balaban J connectivity index is 1.96. The van der Waals surface area contributed by atoms with Crippen molar-refractivity contribution >= 4 is 6.08 Å². The van der Waals surface area contributed by atoms with Crippen LogP contribution in [0.2, 0.25) is 4.31 Å². The van der Waals surface area contributed by atoms with Gasteiger partial charge in [-0.05, 0) is 0 Å². The molecular weight excluding hydrogens is 284 g/mol. The standard InChI is InChI=1S/C10H15.C9H7.Fe/c1-6-7(2)9(4)10(5)8(6)3;1-2-5-9-7-3-6-8(9)4-1;/h1-5H3;1-7H;. The summed E-state index contributed by atoms with van der Waals surface area (Å²) in [5.74, 6) is 0. The van der Waals surface area contributed by atoms with Crippen LogP contribution in [-0.4, -0.2) is 0 Å². The number of fused-ring (bicyclic) bond motifs is 1. The van der Waals surface area contributed by atoms with Gasteiger partial charge in [-0.3, -0.25) is 0 Å². The van der Waals surface area contributed by atoms with Gasteiger partial charge in [0.25, 0.3) is 0 Å². The summed E-state index contributed by atoms with van der Waals surface area (Å²) in [4.78, 5) is 0.555. The van der Waals surface area contributed by atoms with Gasteiger partial charge in [0.1, 0.15) is 0 Å². The summed E-state index contributed by atoms with van der Waals surface area (Å²) in [6.07, 6.45) is 4.68. The number of hydrogen-bond acceptors (Lipinski definition) is 0. The van der Waals surface area contributed by atoms with Crippen molar-refractivity contribution in [1.82, 2.24) is 0 Å². The van der Waals surface area contributed by atoms with E-state index in [1.54, 1.807) is 11.1 Å². The zero-order chi connectivity index (χ0) is 14.5. The fraction of sp³-hybridized carbons (Fsp3) is 0.368. The van der Waals surface area contributed by atoms with Crippen LogP contribution in [0.25, 0.3) is 6.08 Å². The van der Waals surface area contributed by atoms with E-state index in [1.165, 1.54) is 37.2 Å². The zero-order valence-electron chi connectivity index (χ0n) is 12.9. The average Bonchev–Trinajstić information content (AvgIpc) is 2.92. The van der Waals surface area contributed by atoms with E-state index in [1.807, 2.05) is 0 Å². The predicted molar refractivity (Wildman–Crippen MR) is 83.3 cm³/mol. The van der Waals surface area contributed by atoms with E-state index in [0.29, 0.717) is 4.82 Å². The summed E-state index contributed by atoms with van der Waals surface area (Å²) >= 11 is 1.19. The molecule has 0 fully saturated rings. The molecule has 20 heavy (non-hydrogen) atoms. The molecule has 0 radical (unpaired) electrons. The van der Waals surface area contributed by atoms with E-state index in [9.17, 15) is 0 Å². The Bertz CT molecular complexity index is 634. The summed E-state index contributed by atoms with van der Waals surface area (Å²) < 4.78 is 0.223. The summed E-state index contributed by atoms with van der Waals surface area (Å²) in [6.45, 7) is 11.6. The predicted octanol–water partition coefficient (Wildman–Crippen LogP) is 5.70. The Labute approximate surface area is 128 Å². The molecular formula is C19H22Fe. The minimum atomic E-state index is 0.223. The van der Waals surface area contributed by atoms with Crippen LogP contribution < -0.4 is 0 Å². The molecule has 1 aromatic carbocycles. The number of rotatable bonds is 2. The van der Waals surface area contributed by atoms with Crippen molar-refractivity contribution in [3.63, 3.8) is 0 Å². The first-order valence-corrected chi connectivity index (χ1v) is 8.39. The molecule has 0 nitrogen and oxygen atoms in total. The van der Waals surface area contributed by atoms with Crippen LogP contribution in [0.1, 0.15) is 50.6 Å². The van der Waals surface area contributed by atoms with Gasteiger partial charge in [0.15, 0.2) is 0 Å². The van der Waals surface area contributed by atoms with Crippen molar-refractivity contribution in [3.05, 3.63) is 63.8 Å². The molecule has 0 bridgehead atoms. The first kappa shape index (κ1) is 13.9. The molecule has 1 unspecified atom stereocenters. The normalized spacial score (nSPS) is 23.9. The van der Waals surface area contributed by atoms with E-state index in [4.69, 9.17) is 0 Å². The number of allylic oxidation sites excluding steroid dienone is 5. The van der Waals surface area contributed by atoms with E-state index in [0.717, 1.165) is 0 Å². The number of benzene rings is 1. The SMILES string of the molecule is CC1=C(C)[C](C)([Fe][CH]2C=Cc3ccccc32)C(C)=C1C. The molecule has 0 heterocycles. The van der Waals surface area contributed by atoms with Gasteiger partial charge in [-0.25, -0.2) is 0 Å². The van der Waals surface area contributed by atoms with Crippen molar-refractivity contribution in [2.24, 2.45) is 0 Å². The topological polar surface area (TPSA) is 0 Å². The molecule has 1 aromatic rings. The van der Waals surface area contributed by atoms with Gasteiger partial charge in [-0.15, -0.1) is 0 Å². The van der Waals surface area contributed by atoms with Crippen molar-refractivity contribution in [2.75, 3.05) is 0 Å². The molecule has 0 spiro atoms. The Morgan fingerprint density at radius 1 is 0.950 bits per heavy atom. The van der Waals surface area contributed by atoms with Crippen LogP contribution in [0, 0.1) is 0 Å². The van der Waals surface area contributed by atoms with Crippen LogP contribution in [0.3, 0.4) is 0 Å². The molecule has 0 amide bonds. The first-order chi connectivity index (χ1) is 9.45. The van der Waals surface area contributed by atoms with E-state index < -0.39 is 0 Å². The second kappa shape index (κ2) is 4.76. The Morgan fingerprint density at radius 2 is 1.55 bits per heavy atom. The van der Waals surface area contributed by atoms with Crippen LogP contribution in [0.4, 0.5) is 0 Å². The molecule has 0 saturated heterocycles. The Hall–Kier alpha value is -1.04. The summed E-state index contributed by atoms with van der Waals surface area (Å²) in [6, 6.07) is 8.81. The molecule has 0 aliphatic heterocycles. The van der Waals surface area contributed by atoms with Crippen molar-refractivity contribution < 1.29 is 15.0 Å². The maximum atomic E-state index is 2.42. The maximum absolute atomic E-state index is 2.42. The average molecular weight is 306 g/mol. The molecule has 0 N–H and O–H groups in total. The molecule has 2 aliphatic carbocycles. The van der Waals surface area contributed by atoms with Gasteiger partial charge in [-0.1, -0.05) is 0 Å². The minimum absolute atomic E-state index is 0.223. The summed E-state index contributed by atoms with van der Waals surface area (Å²) in [5.41, 5.74) is 9.02. The fourth-order valence-corrected chi connectivity index (χ4v) is 5.45. The third-order valence-electron chi connectivity index (χ3n) is 5.12. The molecule has 0 saturated carbocycles.